The summed E-state index contributed by atoms with van der Waals surface area (Å²) in [6.07, 6.45) is -10.1. The minimum Gasteiger partial charge on any atom is -0.493 e. The molecule has 0 fully saturated rings. The standard InChI is InChI=1S/C18H15F6NO4/c1-27-13-4-3-5-14(28-2)16(13)29-9-15(26)25-12-7-10(17(19,20)21)6-11(8-12)18(22,23)24/h3-8H,9H2,1-2H3,(H,25,26). The summed E-state index contributed by atoms with van der Waals surface area (Å²) in [6.45, 7) is -0.714. The predicted octanol–water partition coefficient (Wildman–Crippen LogP) is 4.76. The van der Waals surface area contributed by atoms with Crippen molar-refractivity contribution < 1.29 is 45.3 Å². The van der Waals surface area contributed by atoms with Crippen LogP contribution in [0.25, 0.3) is 0 Å². The van der Waals surface area contributed by atoms with Gasteiger partial charge in [0.25, 0.3) is 5.91 Å². The number of methoxy groups -OCH3 is 2. The van der Waals surface area contributed by atoms with Gasteiger partial charge >= 0.3 is 12.4 Å². The molecule has 0 saturated carbocycles. The van der Waals surface area contributed by atoms with Crippen molar-refractivity contribution in [3.63, 3.8) is 0 Å². The second-order valence-corrected chi connectivity index (χ2v) is 5.62. The number of halogens is 6. The Labute approximate surface area is 161 Å². The molecule has 0 bridgehead atoms. The quantitative estimate of drug-likeness (QED) is 0.681. The van der Waals surface area contributed by atoms with Gasteiger partial charge in [0.05, 0.1) is 25.3 Å². The molecule has 29 heavy (non-hydrogen) atoms. The lowest BCUT2D eigenvalue weighted by Crippen LogP contribution is -2.21. The highest BCUT2D eigenvalue weighted by Crippen LogP contribution is 2.38. The van der Waals surface area contributed by atoms with E-state index < -0.39 is 41.7 Å². The maximum Gasteiger partial charge on any atom is 0.416 e. The lowest BCUT2D eigenvalue weighted by atomic mass is 10.1. The Balaban J connectivity index is 2.21. The Hall–Kier alpha value is -3.11. The molecule has 1 amide bonds. The van der Waals surface area contributed by atoms with Crippen LogP contribution in [0.3, 0.4) is 0 Å². The Morgan fingerprint density at radius 1 is 0.897 bits per heavy atom. The normalized spacial score (nSPS) is 11.7. The fourth-order valence-corrected chi connectivity index (χ4v) is 2.32. The van der Waals surface area contributed by atoms with E-state index in [1.165, 1.54) is 26.4 Å². The van der Waals surface area contributed by atoms with Gasteiger partial charge in [0.1, 0.15) is 0 Å². The summed E-state index contributed by atoms with van der Waals surface area (Å²) in [7, 11) is 2.67. The third-order valence-electron chi connectivity index (χ3n) is 3.60. The van der Waals surface area contributed by atoms with Gasteiger partial charge < -0.3 is 19.5 Å². The number of nitrogens with one attached hydrogen (secondary N) is 1. The lowest BCUT2D eigenvalue weighted by Gasteiger charge is -2.16. The van der Waals surface area contributed by atoms with Gasteiger partial charge in [-0.2, -0.15) is 26.3 Å². The molecule has 1 N–H and O–H groups in total. The number of hydrogen-bond donors (Lipinski definition) is 1. The molecule has 0 radical (unpaired) electrons. The number of carbonyl (C=O) groups excluding carboxylic acids is 1. The number of amides is 1. The second kappa shape index (κ2) is 8.50. The highest BCUT2D eigenvalue weighted by Gasteiger charge is 2.37. The fraction of sp³-hybridized carbons (Fsp3) is 0.278. The van der Waals surface area contributed by atoms with Crippen molar-refractivity contribution in [3.05, 3.63) is 47.5 Å². The highest BCUT2D eigenvalue weighted by atomic mass is 19.4. The summed E-state index contributed by atoms with van der Waals surface area (Å²) in [5.41, 5.74) is -3.77. The molecule has 0 saturated heterocycles. The molecule has 0 spiro atoms. The first kappa shape index (κ1) is 22.2. The third kappa shape index (κ3) is 5.69. The van der Waals surface area contributed by atoms with Gasteiger partial charge in [-0.25, -0.2) is 0 Å². The van der Waals surface area contributed by atoms with Gasteiger partial charge in [0.15, 0.2) is 18.1 Å². The van der Waals surface area contributed by atoms with E-state index in [4.69, 9.17) is 14.2 Å². The average molecular weight is 423 g/mol. The largest absolute Gasteiger partial charge is 0.493 e. The van der Waals surface area contributed by atoms with Gasteiger partial charge in [0.2, 0.25) is 5.75 Å². The van der Waals surface area contributed by atoms with Crippen LogP contribution in [0.2, 0.25) is 0 Å². The Kier molecular flexibility index (Phi) is 6.50. The van der Waals surface area contributed by atoms with Crippen molar-refractivity contribution in [3.8, 4) is 17.2 Å². The van der Waals surface area contributed by atoms with Crippen LogP contribution in [-0.4, -0.2) is 26.7 Å². The number of carbonyl (C=O) groups is 1. The van der Waals surface area contributed by atoms with E-state index in [-0.39, 0.29) is 23.3 Å². The molecule has 0 aliphatic carbocycles. The van der Waals surface area contributed by atoms with Crippen LogP contribution in [0.1, 0.15) is 11.1 Å². The molecule has 2 aromatic rings. The van der Waals surface area contributed by atoms with E-state index in [9.17, 15) is 31.1 Å². The molecule has 11 heteroatoms. The lowest BCUT2D eigenvalue weighted by molar-refractivity contribution is -0.143. The number of rotatable bonds is 6. The molecular weight excluding hydrogens is 408 g/mol. The molecule has 0 aliphatic heterocycles. The minimum absolute atomic E-state index is 0.0359. The number of ether oxygens (including phenoxy) is 3. The number of alkyl halides is 6. The Bertz CT molecular complexity index is 825. The van der Waals surface area contributed by atoms with E-state index in [1.807, 2.05) is 5.32 Å². The molecule has 2 rings (SSSR count). The number of hydrogen-bond acceptors (Lipinski definition) is 4. The summed E-state index contributed by atoms with van der Waals surface area (Å²) in [4.78, 5) is 12.0. The summed E-state index contributed by atoms with van der Waals surface area (Å²) in [6, 6.07) is 5.38. The van der Waals surface area contributed by atoms with Crippen LogP contribution in [0.15, 0.2) is 36.4 Å². The van der Waals surface area contributed by atoms with Crippen molar-refractivity contribution >= 4 is 11.6 Å². The summed E-state index contributed by atoms with van der Waals surface area (Å²) in [5.74, 6) is -0.496. The number of para-hydroxylation sites is 1. The molecule has 0 unspecified atom stereocenters. The van der Waals surface area contributed by atoms with Crippen LogP contribution < -0.4 is 19.5 Å². The van der Waals surface area contributed by atoms with E-state index in [1.54, 1.807) is 6.07 Å². The van der Waals surface area contributed by atoms with Gasteiger partial charge in [-0.15, -0.1) is 0 Å². The molecule has 5 nitrogen and oxygen atoms in total. The minimum atomic E-state index is -5.03. The zero-order valence-corrected chi connectivity index (χ0v) is 15.1. The van der Waals surface area contributed by atoms with Crippen molar-refractivity contribution in [1.29, 1.82) is 0 Å². The number of benzene rings is 2. The third-order valence-corrected chi connectivity index (χ3v) is 3.60. The smallest absolute Gasteiger partial charge is 0.416 e. The maximum atomic E-state index is 12.9. The van der Waals surface area contributed by atoms with Crippen molar-refractivity contribution in [1.82, 2.24) is 0 Å². The second-order valence-electron chi connectivity index (χ2n) is 5.62. The monoisotopic (exact) mass is 423 g/mol. The number of anilines is 1. The first-order valence-corrected chi connectivity index (χ1v) is 7.89. The van der Waals surface area contributed by atoms with Gasteiger partial charge in [0, 0.05) is 5.69 Å². The molecule has 158 valence electrons. The molecular formula is C18H15F6NO4. The van der Waals surface area contributed by atoms with Gasteiger partial charge in [-0.05, 0) is 30.3 Å². The van der Waals surface area contributed by atoms with E-state index in [0.29, 0.717) is 12.1 Å². The van der Waals surface area contributed by atoms with Crippen molar-refractivity contribution in [2.45, 2.75) is 12.4 Å². The molecule has 0 aliphatic rings. The molecule has 0 aromatic heterocycles. The summed E-state index contributed by atoms with van der Waals surface area (Å²) in [5, 5.41) is 1.97. The van der Waals surface area contributed by atoms with Crippen LogP contribution in [-0.2, 0) is 17.1 Å². The fourth-order valence-electron chi connectivity index (χ4n) is 2.32. The predicted molar refractivity (Wildman–Crippen MR) is 90.1 cm³/mol. The molecule has 0 heterocycles. The Morgan fingerprint density at radius 3 is 1.79 bits per heavy atom. The SMILES string of the molecule is COc1cccc(OC)c1OCC(=O)Nc1cc(C(F)(F)F)cc(C(F)(F)F)c1. The average Bonchev–Trinajstić information content (AvgIpc) is 2.64. The van der Waals surface area contributed by atoms with E-state index in [2.05, 4.69) is 0 Å². The van der Waals surface area contributed by atoms with Crippen LogP contribution in [0.4, 0.5) is 32.0 Å². The molecule has 0 atom stereocenters. The van der Waals surface area contributed by atoms with Gasteiger partial charge in [-0.3, -0.25) is 4.79 Å². The van der Waals surface area contributed by atoms with Gasteiger partial charge in [-0.1, -0.05) is 6.07 Å². The van der Waals surface area contributed by atoms with Crippen molar-refractivity contribution in [2.75, 3.05) is 26.1 Å². The molecule has 2 aromatic carbocycles. The zero-order chi connectivity index (χ0) is 21.8. The van der Waals surface area contributed by atoms with Crippen LogP contribution >= 0.6 is 0 Å². The maximum absolute atomic E-state index is 12.9. The highest BCUT2D eigenvalue weighted by molar-refractivity contribution is 5.92. The Morgan fingerprint density at radius 2 is 1.38 bits per heavy atom. The van der Waals surface area contributed by atoms with Crippen LogP contribution in [0.5, 0.6) is 17.2 Å². The summed E-state index contributed by atoms with van der Waals surface area (Å²) < 4.78 is 92.7. The van der Waals surface area contributed by atoms with E-state index in [0.717, 1.165) is 0 Å². The summed E-state index contributed by atoms with van der Waals surface area (Å²) >= 11 is 0. The van der Waals surface area contributed by atoms with E-state index >= 15 is 0 Å². The van der Waals surface area contributed by atoms with Crippen LogP contribution in [0, 0.1) is 0 Å². The topological polar surface area (TPSA) is 56.8 Å². The zero-order valence-electron chi connectivity index (χ0n) is 15.1. The first-order valence-electron chi connectivity index (χ1n) is 7.89. The first-order chi connectivity index (χ1) is 13.5. The van der Waals surface area contributed by atoms with Crippen molar-refractivity contribution in [2.24, 2.45) is 0 Å².